The summed E-state index contributed by atoms with van der Waals surface area (Å²) in [5.74, 6) is 0.227. The minimum absolute atomic E-state index is 0.0121. The zero-order chi connectivity index (χ0) is 21.6. The molecule has 1 aliphatic rings. The number of ether oxygens (including phenoxy) is 1. The zero-order valence-electron chi connectivity index (χ0n) is 16.6. The molecular formula is C24H20ClN3O3. The Morgan fingerprint density at radius 3 is 2.48 bits per heavy atom. The van der Waals surface area contributed by atoms with Gasteiger partial charge in [-0.3, -0.25) is 9.59 Å². The Hall–Kier alpha value is -3.64. The van der Waals surface area contributed by atoms with Crippen LogP contribution in [0.15, 0.2) is 71.8 Å². The molecule has 2 amide bonds. The minimum atomic E-state index is -0.361. The van der Waals surface area contributed by atoms with Gasteiger partial charge >= 0.3 is 0 Å². The molecule has 0 saturated heterocycles. The van der Waals surface area contributed by atoms with Crippen molar-refractivity contribution < 1.29 is 14.3 Å². The van der Waals surface area contributed by atoms with Crippen LogP contribution in [-0.2, 0) is 16.0 Å². The SMILES string of the molecule is O=C(COc1ccc2c(c1)CCC(=O)N2)N/N=C/c1ccc(-c2ccc(Cl)cc2)cc1. The lowest BCUT2D eigenvalue weighted by Crippen LogP contribution is -2.24. The predicted octanol–water partition coefficient (Wildman–Crippen LogP) is 4.42. The van der Waals surface area contributed by atoms with Crippen LogP contribution in [0.5, 0.6) is 5.75 Å². The highest BCUT2D eigenvalue weighted by atomic mass is 35.5. The van der Waals surface area contributed by atoms with Crippen LogP contribution in [0.3, 0.4) is 0 Å². The highest BCUT2D eigenvalue weighted by Gasteiger charge is 2.15. The Bertz CT molecular complexity index is 1130. The van der Waals surface area contributed by atoms with E-state index in [1.54, 1.807) is 18.3 Å². The van der Waals surface area contributed by atoms with Crippen LogP contribution in [-0.4, -0.2) is 24.6 Å². The second-order valence-corrected chi connectivity index (χ2v) is 7.51. The van der Waals surface area contributed by atoms with Crippen molar-refractivity contribution >= 4 is 35.3 Å². The van der Waals surface area contributed by atoms with Gasteiger partial charge in [0.25, 0.3) is 5.91 Å². The molecule has 156 valence electrons. The van der Waals surface area contributed by atoms with Gasteiger partial charge in [0.1, 0.15) is 5.75 Å². The molecule has 0 saturated carbocycles. The number of nitrogens with one attached hydrogen (secondary N) is 2. The number of rotatable bonds is 6. The lowest BCUT2D eigenvalue weighted by molar-refractivity contribution is -0.123. The van der Waals surface area contributed by atoms with Gasteiger partial charge in [0.05, 0.1) is 6.21 Å². The zero-order valence-corrected chi connectivity index (χ0v) is 17.4. The molecule has 0 aliphatic carbocycles. The van der Waals surface area contributed by atoms with E-state index in [2.05, 4.69) is 15.8 Å². The Balaban J connectivity index is 1.27. The molecule has 7 heteroatoms. The maximum absolute atomic E-state index is 12.0. The predicted molar refractivity (Wildman–Crippen MR) is 122 cm³/mol. The summed E-state index contributed by atoms with van der Waals surface area (Å²) in [7, 11) is 0. The largest absolute Gasteiger partial charge is 0.484 e. The summed E-state index contributed by atoms with van der Waals surface area (Å²) >= 11 is 5.92. The summed E-state index contributed by atoms with van der Waals surface area (Å²) in [6.07, 6.45) is 2.68. The molecule has 1 aliphatic heterocycles. The van der Waals surface area contributed by atoms with Crippen LogP contribution in [0.2, 0.25) is 5.02 Å². The highest BCUT2D eigenvalue weighted by Crippen LogP contribution is 2.26. The normalized spacial score (nSPS) is 12.9. The standard InChI is InChI=1S/C24H20ClN3O3/c25-20-8-5-18(6-9-20)17-3-1-16(2-4-17)14-26-28-24(30)15-31-21-10-11-22-19(13-21)7-12-23(29)27-22/h1-6,8-11,13-14H,7,12,15H2,(H,27,29)(H,28,30)/b26-14+. The van der Waals surface area contributed by atoms with Crippen LogP contribution < -0.4 is 15.5 Å². The average Bonchev–Trinajstić information content (AvgIpc) is 2.79. The number of hydrogen-bond acceptors (Lipinski definition) is 4. The van der Waals surface area contributed by atoms with E-state index in [4.69, 9.17) is 16.3 Å². The number of halogens is 1. The van der Waals surface area contributed by atoms with Crippen molar-refractivity contribution in [1.29, 1.82) is 0 Å². The van der Waals surface area contributed by atoms with E-state index in [0.29, 0.717) is 23.6 Å². The van der Waals surface area contributed by atoms with E-state index in [1.807, 2.05) is 54.6 Å². The molecule has 4 rings (SSSR count). The topological polar surface area (TPSA) is 79.8 Å². The third-order valence-corrected chi connectivity index (χ3v) is 5.09. The monoisotopic (exact) mass is 433 g/mol. The van der Waals surface area contributed by atoms with Crippen LogP contribution in [0.4, 0.5) is 5.69 Å². The molecule has 0 unspecified atom stereocenters. The Kier molecular flexibility index (Phi) is 6.29. The first-order valence-corrected chi connectivity index (χ1v) is 10.2. The maximum atomic E-state index is 12.0. The van der Waals surface area contributed by atoms with Crippen molar-refractivity contribution in [2.75, 3.05) is 11.9 Å². The molecular weight excluding hydrogens is 414 g/mol. The number of aryl methyl sites for hydroxylation is 1. The minimum Gasteiger partial charge on any atom is -0.484 e. The number of anilines is 1. The molecule has 2 N–H and O–H groups in total. The number of nitrogens with zero attached hydrogens (tertiary/aromatic N) is 1. The van der Waals surface area contributed by atoms with Crippen molar-refractivity contribution in [1.82, 2.24) is 5.43 Å². The van der Waals surface area contributed by atoms with E-state index in [1.165, 1.54) is 0 Å². The van der Waals surface area contributed by atoms with E-state index in [9.17, 15) is 9.59 Å². The number of hydrogen-bond donors (Lipinski definition) is 2. The van der Waals surface area contributed by atoms with Gasteiger partial charge in [-0.05, 0) is 59.0 Å². The van der Waals surface area contributed by atoms with Crippen molar-refractivity contribution in [2.45, 2.75) is 12.8 Å². The third-order valence-electron chi connectivity index (χ3n) is 4.83. The van der Waals surface area contributed by atoms with E-state index >= 15 is 0 Å². The molecule has 0 spiro atoms. The average molecular weight is 434 g/mol. The van der Waals surface area contributed by atoms with Gasteiger partial charge in [-0.1, -0.05) is 48.0 Å². The van der Waals surface area contributed by atoms with Crippen LogP contribution in [0.25, 0.3) is 11.1 Å². The Labute approximate surface area is 184 Å². The molecule has 0 radical (unpaired) electrons. The van der Waals surface area contributed by atoms with Gasteiger partial charge in [-0.25, -0.2) is 5.43 Å². The maximum Gasteiger partial charge on any atom is 0.277 e. The summed E-state index contributed by atoms with van der Waals surface area (Å²) in [6, 6.07) is 20.8. The van der Waals surface area contributed by atoms with Crippen LogP contribution in [0.1, 0.15) is 17.5 Å². The molecule has 0 fully saturated rings. The first-order valence-electron chi connectivity index (χ1n) is 9.80. The van der Waals surface area contributed by atoms with E-state index < -0.39 is 0 Å². The van der Waals surface area contributed by atoms with Crippen molar-refractivity contribution in [3.05, 3.63) is 82.9 Å². The molecule has 3 aromatic rings. The van der Waals surface area contributed by atoms with Crippen LogP contribution in [0, 0.1) is 0 Å². The number of hydrazone groups is 1. The molecule has 0 bridgehead atoms. The third kappa shape index (κ3) is 5.49. The molecule has 1 heterocycles. The van der Waals surface area contributed by atoms with E-state index in [0.717, 1.165) is 27.9 Å². The highest BCUT2D eigenvalue weighted by molar-refractivity contribution is 6.30. The van der Waals surface area contributed by atoms with Crippen molar-refractivity contribution in [3.63, 3.8) is 0 Å². The molecule has 0 aromatic heterocycles. The molecule has 31 heavy (non-hydrogen) atoms. The quantitative estimate of drug-likeness (QED) is 0.446. The molecule has 3 aromatic carbocycles. The fourth-order valence-corrected chi connectivity index (χ4v) is 3.34. The summed E-state index contributed by atoms with van der Waals surface area (Å²) in [5.41, 5.74) is 7.24. The number of benzene rings is 3. The lowest BCUT2D eigenvalue weighted by Gasteiger charge is -2.17. The number of carbonyl (C=O) groups is 2. The fourth-order valence-electron chi connectivity index (χ4n) is 3.21. The van der Waals surface area contributed by atoms with Crippen molar-refractivity contribution in [3.8, 4) is 16.9 Å². The Morgan fingerprint density at radius 2 is 1.74 bits per heavy atom. The summed E-state index contributed by atoms with van der Waals surface area (Å²) in [5, 5.41) is 7.49. The van der Waals surface area contributed by atoms with Crippen LogP contribution >= 0.6 is 11.6 Å². The van der Waals surface area contributed by atoms with Gasteiger partial charge in [0.2, 0.25) is 5.91 Å². The number of fused-ring (bicyclic) bond motifs is 1. The van der Waals surface area contributed by atoms with Gasteiger partial charge in [-0.15, -0.1) is 0 Å². The smallest absolute Gasteiger partial charge is 0.277 e. The second-order valence-electron chi connectivity index (χ2n) is 7.08. The first kappa shape index (κ1) is 20.6. The Morgan fingerprint density at radius 1 is 1.03 bits per heavy atom. The fraction of sp³-hybridized carbons (Fsp3) is 0.125. The summed E-state index contributed by atoms with van der Waals surface area (Å²) in [4.78, 5) is 23.4. The van der Waals surface area contributed by atoms with E-state index in [-0.39, 0.29) is 18.4 Å². The summed E-state index contributed by atoms with van der Waals surface area (Å²) in [6.45, 7) is -0.155. The summed E-state index contributed by atoms with van der Waals surface area (Å²) < 4.78 is 5.53. The van der Waals surface area contributed by atoms with Gasteiger partial charge < -0.3 is 10.1 Å². The molecule has 0 atom stereocenters. The second kappa shape index (κ2) is 9.45. The molecule has 6 nitrogen and oxygen atoms in total. The van der Waals surface area contributed by atoms with Gasteiger partial charge in [-0.2, -0.15) is 5.10 Å². The van der Waals surface area contributed by atoms with Gasteiger partial charge in [0.15, 0.2) is 6.61 Å². The first-order chi connectivity index (χ1) is 15.1. The van der Waals surface area contributed by atoms with Gasteiger partial charge in [0, 0.05) is 17.1 Å². The number of amides is 2. The lowest BCUT2D eigenvalue weighted by atomic mass is 10.0. The van der Waals surface area contributed by atoms with Crippen molar-refractivity contribution in [2.24, 2.45) is 5.10 Å². The number of carbonyl (C=O) groups excluding carboxylic acids is 2.